The average Bonchev–Trinajstić information content (AvgIpc) is 2.39. The number of nitrogens with zero attached hydrogens (tertiary/aromatic N) is 2. The van der Waals surface area contributed by atoms with Crippen molar-refractivity contribution in [2.75, 3.05) is 0 Å². The quantitative estimate of drug-likeness (QED) is 0.811. The summed E-state index contributed by atoms with van der Waals surface area (Å²) in [4.78, 5) is 8.97. The molecule has 2 nitrogen and oxygen atoms in total. The zero-order chi connectivity index (χ0) is 14.0. The van der Waals surface area contributed by atoms with E-state index in [-0.39, 0.29) is 0 Å². The van der Waals surface area contributed by atoms with E-state index < -0.39 is 0 Å². The molecule has 0 aliphatic rings. The van der Waals surface area contributed by atoms with Crippen LogP contribution in [-0.2, 0) is 6.42 Å². The minimum absolute atomic E-state index is 0.863. The van der Waals surface area contributed by atoms with Crippen molar-refractivity contribution >= 4 is 5.57 Å². The molecule has 0 unspecified atom stereocenters. The predicted octanol–water partition coefficient (Wildman–Crippen LogP) is 4.36. The number of benzene rings is 1. The molecule has 98 valence electrons. The highest BCUT2D eigenvalue weighted by atomic mass is 14.9. The molecule has 0 fully saturated rings. The lowest BCUT2D eigenvalue weighted by molar-refractivity contribution is 0.920. The van der Waals surface area contributed by atoms with Crippen molar-refractivity contribution < 1.29 is 0 Å². The van der Waals surface area contributed by atoms with Crippen LogP contribution in [0.4, 0.5) is 0 Å². The second-order valence-corrected chi connectivity index (χ2v) is 4.97. The maximum absolute atomic E-state index is 4.55. The van der Waals surface area contributed by atoms with Gasteiger partial charge in [0.05, 0.1) is 0 Å². The second-order valence-electron chi connectivity index (χ2n) is 4.97. The molecule has 0 spiro atoms. The van der Waals surface area contributed by atoms with Gasteiger partial charge in [-0.2, -0.15) is 0 Å². The highest BCUT2D eigenvalue weighted by molar-refractivity contribution is 5.80. The van der Waals surface area contributed by atoms with E-state index in [4.69, 9.17) is 0 Å². The number of aryl methyl sites for hydroxylation is 3. The monoisotopic (exact) mass is 252 g/mol. The normalized spacial score (nSPS) is 10.5. The van der Waals surface area contributed by atoms with Crippen molar-refractivity contribution in [3.63, 3.8) is 0 Å². The van der Waals surface area contributed by atoms with Gasteiger partial charge in [0, 0.05) is 23.9 Å². The Kier molecular flexibility index (Phi) is 3.79. The van der Waals surface area contributed by atoms with Gasteiger partial charge in [-0.25, -0.2) is 9.97 Å². The first-order chi connectivity index (χ1) is 9.02. The van der Waals surface area contributed by atoms with Gasteiger partial charge in [0.25, 0.3) is 0 Å². The Morgan fingerprint density at radius 1 is 1.21 bits per heavy atom. The van der Waals surface area contributed by atoms with Gasteiger partial charge in [-0.15, -0.1) is 0 Å². The molecule has 2 rings (SSSR count). The molecule has 0 aliphatic heterocycles. The number of allylic oxidation sites excluding steroid dienone is 1. The van der Waals surface area contributed by atoms with E-state index in [1.54, 1.807) is 0 Å². The van der Waals surface area contributed by atoms with Crippen LogP contribution < -0.4 is 0 Å². The van der Waals surface area contributed by atoms with Gasteiger partial charge in [0.15, 0.2) is 0 Å². The van der Waals surface area contributed by atoms with Gasteiger partial charge in [-0.1, -0.05) is 42.8 Å². The Morgan fingerprint density at radius 2 is 1.95 bits per heavy atom. The van der Waals surface area contributed by atoms with E-state index >= 15 is 0 Å². The van der Waals surface area contributed by atoms with Crippen molar-refractivity contribution in [1.29, 1.82) is 0 Å². The molecule has 0 atom stereocenters. The van der Waals surface area contributed by atoms with E-state index in [9.17, 15) is 0 Å². The van der Waals surface area contributed by atoms with E-state index in [0.29, 0.717) is 0 Å². The van der Waals surface area contributed by atoms with Gasteiger partial charge in [-0.3, -0.25) is 0 Å². The first-order valence-electron chi connectivity index (χ1n) is 6.62. The van der Waals surface area contributed by atoms with E-state index in [1.807, 2.05) is 20.0 Å². The topological polar surface area (TPSA) is 25.8 Å². The number of hydrogen-bond acceptors (Lipinski definition) is 2. The third-order valence-electron chi connectivity index (χ3n) is 3.27. The number of aromatic nitrogens is 2. The second kappa shape index (κ2) is 5.35. The van der Waals surface area contributed by atoms with Crippen molar-refractivity contribution in [3.05, 3.63) is 53.6 Å². The zero-order valence-corrected chi connectivity index (χ0v) is 12.1. The first-order valence-corrected chi connectivity index (χ1v) is 6.62. The maximum atomic E-state index is 4.55. The lowest BCUT2D eigenvalue weighted by atomic mass is 9.94. The van der Waals surface area contributed by atoms with Gasteiger partial charge in [-0.05, 0) is 31.9 Å². The van der Waals surface area contributed by atoms with Crippen molar-refractivity contribution in [2.24, 2.45) is 0 Å². The van der Waals surface area contributed by atoms with Crippen molar-refractivity contribution in [2.45, 2.75) is 34.1 Å². The Labute approximate surface area is 115 Å². The summed E-state index contributed by atoms with van der Waals surface area (Å²) in [6.07, 6.45) is 2.79. The molecule has 19 heavy (non-hydrogen) atoms. The molecule has 1 aromatic heterocycles. The molecular formula is C17H20N2. The Bertz CT molecular complexity index is 627. The molecule has 2 heteroatoms. The van der Waals surface area contributed by atoms with Crippen LogP contribution in [0.15, 0.2) is 31.0 Å². The van der Waals surface area contributed by atoms with Crippen LogP contribution >= 0.6 is 0 Å². The third kappa shape index (κ3) is 2.73. The Hall–Kier alpha value is -1.96. The molecule has 1 heterocycles. The molecule has 0 radical (unpaired) electrons. The van der Waals surface area contributed by atoms with Crippen LogP contribution in [0.5, 0.6) is 0 Å². The molecule has 1 aromatic carbocycles. The average molecular weight is 252 g/mol. The largest absolute Gasteiger partial charge is 0.241 e. The summed E-state index contributed by atoms with van der Waals surface area (Å²) in [5.41, 5.74) is 6.77. The minimum Gasteiger partial charge on any atom is -0.241 e. The summed E-state index contributed by atoms with van der Waals surface area (Å²) in [6, 6.07) is 6.43. The van der Waals surface area contributed by atoms with Gasteiger partial charge >= 0.3 is 0 Å². The van der Waals surface area contributed by atoms with Gasteiger partial charge in [0.1, 0.15) is 5.82 Å². The van der Waals surface area contributed by atoms with Crippen LogP contribution in [0.1, 0.15) is 36.5 Å². The molecule has 2 aromatic rings. The molecule has 0 bridgehead atoms. The zero-order valence-electron chi connectivity index (χ0n) is 12.1. The van der Waals surface area contributed by atoms with Crippen LogP contribution in [0.3, 0.4) is 0 Å². The third-order valence-corrected chi connectivity index (χ3v) is 3.27. The fourth-order valence-electron chi connectivity index (χ4n) is 2.20. The Morgan fingerprint density at radius 3 is 2.53 bits per heavy atom. The fourth-order valence-corrected chi connectivity index (χ4v) is 2.20. The lowest BCUT2D eigenvalue weighted by Crippen LogP contribution is -1.99. The molecular weight excluding hydrogens is 232 g/mol. The maximum Gasteiger partial charge on any atom is 0.128 e. The van der Waals surface area contributed by atoms with E-state index in [1.165, 1.54) is 16.7 Å². The minimum atomic E-state index is 0.863. The summed E-state index contributed by atoms with van der Waals surface area (Å²) >= 11 is 0. The summed E-state index contributed by atoms with van der Waals surface area (Å²) in [5, 5.41) is 0. The van der Waals surface area contributed by atoms with Gasteiger partial charge in [0.2, 0.25) is 0 Å². The molecule has 0 N–H and O–H groups in total. The molecule has 0 amide bonds. The SMILES string of the molecule is C=C(C)c1cc(C)ccc1-c1cnc(CC)nc1C. The van der Waals surface area contributed by atoms with Crippen LogP contribution in [0.25, 0.3) is 16.7 Å². The van der Waals surface area contributed by atoms with Gasteiger partial charge < -0.3 is 0 Å². The smallest absolute Gasteiger partial charge is 0.128 e. The van der Waals surface area contributed by atoms with Crippen molar-refractivity contribution in [3.8, 4) is 11.1 Å². The van der Waals surface area contributed by atoms with E-state index in [0.717, 1.165) is 29.1 Å². The summed E-state index contributed by atoms with van der Waals surface area (Å²) < 4.78 is 0. The summed E-state index contributed by atoms with van der Waals surface area (Å²) in [6.45, 7) is 12.3. The molecule has 0 saturated heterocycles. The van der Waals surface area contributed by atoms with Crippen molar-refractivity contribution in [1.82, 2.24) is 9.97 Å². The molecule has 0 saturated carbocycles. The summed E-state index contributed by atoms with van der Waals surface area (Å²) in [5.74, 6) is 0.894. The Balaban J connectivity index is 2.62. The first kappa shape index (κ1) is 13.5. The predicted molar refractivity (Wildman–Crippen MR) is 81.0 cm³/mol. The number of hydrogen-bond donors (Lipinski definition) is 0. The van der Waals surface area contributed by atoms with Crippen LogP contribution in [-0.4, -0.2) is 9.97 Å². The highest BCUT2D eigenvalue weighted by Gasteiger charge is 2.10. The van der Waals surface area contributed by atoms with Crippen LogP contribution in [0.2, 0.25) is 0 Å². The fraction of sp³-hybridized carbons (Fsp3) is 0.294. The molecule has 0 aliphatic carbocycles. The summed E-state index contributed by atoms with van der Waals surface area (Å²) in [7, 11) is 0. The van der Waals surface area contributed by atoms with Crippen LogP contribution in [0, 0.1) is 13.8 Å². The lowest BCUT2D eigenvalue weighted by Gasteiger charge is -2.13. The number of rotatable bonds is 3. The van der Waals surface area contributed by atoms with E-state index in [2.05, 4.69) is 48.6 Å². The standard InChI is InChI=1S/C17H20N2/c1-6-17-18-10-16(13(5)19-17)14-8-7-12(4)9-15(14)11(2)3/h7-10H,2,6H2,1,3-5H3. The highest BCUT2D eigenvalue weighted by Crippen LogP contribution is 2.30.